The van der Waals surface area contributed by atoms with Gasteiger partial charge in [-0.15, -0.1) is 6.58 Å². The molecule has 2 atom stereocenters. The largest absolute Gasteiger partial charge is 0.443 e. The lowest BCUT2D eigenvalue weighted by Crippen LogP contribution is -2.43. The van der Waals surface area contributed by atoms with E-state index in [1.165, 1.54) is 0 Å². The Labute approximate surface area is 154 Å². The zero-order valence-corrected chi connectivity index (χ0v) is 15.0. The summed E-state index contributed by atoms with van der Waals surface area (Å²) in [7, 11) is 0. The van der Waals surface area contributed by atoms with Gasteiger partial charge >= 0.3 is 5.97 Å². The number of carbonyl (C=O) groups excluding carboxylic acids is 2. The van der Waals surface area contributed by atoms with E-state index in [1.807, 2.05) is 48.5 Å². The van der Waals surface area contributed by atoms with Crippen molar-refractivity contribution < 1.29 is 14.3 Å². The lowest BCUT2D eigenvalue weighted by molar-refractivity contribution is -0.157. The molecule has 1 saturated heterocycles. The number of nitrogens with zero attached hydrogens (tertiary/aromatic N) is 1. The molecule has 2 heterocycles. The molecule has 1 fully saturated rings. The van der Waals surface area contributed by atoms with Gasteiger partial charge in [0, 0.05) is 22.5 Å². The van der Waals surface area contributed by atoms with Gasteiger partial charge in [0.2, 0.25) is 5.60 Å². The lowest BCUT2D eigenvalue weighted by Gasteiger charge is -2.28. The van der Waals surface area contributed by atoms with E-state index in [2.05, 4.69) is 22.5 Å². The Morgan fingerprint density at radius 1 is 1.24 bits per heavy atom. The predicted octanol–water partition coefficient (Wildman–Crippen LogP) is 3.91. The van der Waals surface area contributed by atoms with Gasteiger partial charge in [0.25, 0.3) is 5.91 Å². The van der Waals surface area contributed by atoms with Gasteiger partial charge in [0.15, 0.2) is 0 Å². The summed E-state index contributed by atoms with van der Waals surface area (Å²) < 4.78 is 6.60. The molecule has 0 bridgehead atoms. The van der Waals surface area contributed by atoms with Crippen molar-refractivity contribution in [2.45, 2.75) is 17.9 Å². The maximum atomic E-state index is 13.4. The fraction of sp³-hybridized carbons (Fsp3) is 0.200. The number of amides is 1. The minimum Gasteiger partial charge on any atom is -0.443 e. The quantitative estimate of drug-likeness (QED) is 0.582. The molecule has 2 aliphatic heterocycles. The third kappa shape index (κ3) is 2.26. The molecule has 4 nitrogen and oxygen atoms in total. The highest BCUT2D eigenvalue weighted by Gasteiger charge is 2.63. The van der Waals surface area contributed by atoms with Crippen LogP contribution in [0.25, 0.3) is 0 Å². The second-order valence-electron chi connectivity index (χ2n) is 6.24. The van der Waals surface area contributed by atoms with Crippen molar-refractivity contribution in [2.75, 3.05) is 11.4 Å². The number of hydrogen-bond acceptors (Lipinski definition) is 3. The second-order valence-corrected chi connectivity index (χ2v) is 7.16. The Hall–Kier alpha value is -2.40. The molecule has 0 radical (unpaired) electrons. The van der Waals surface area contributed by atoms with Crippen LogP contribution in [0.3, 0.4) is 0 Å². The Morgan fingerprint density at radius 2 is 2.00 bits per heavy atom. The Morgan fingerprint density at radius 3 is 2.72 bits per heavy atom. The van der Waals surface area contributed by atoms with Crippen LogP contribution in [0.4, 0.5) is 5.69 Å². The van der Waals surface area contributed by atoms with E-state index in [9.17, 15) is 9.59 Å². The molecule has 1 amide bonds. The molecule has 0 saturated carbocycles. The van der Waals surface area contributed by atoms with Crippen molar-refractivity contribution in [3.63, 3.8) is 0 Å². The van der Waals surface area contributed by atoms with Gasteiger partial charge in [-0.25, -0.2) is 0 Å². The molecule has 2 aliphatic rings. The highest BCUT2D eigenvalue weighted by Crippen LogP contribution is 2.55. The topological polar surface area (TPSA) is 46.6 Å². The number of ether oxygens (including phenoxy) is 1. The first-order valence-corrected chi connectivity index (χ1v) is 8.87. The summed E-state index contributed by atoms with van der Waals surface area (Å²) in [6.07, 6.45) is 1.86. The number of esters is 1. The maximum Gasteiger partial charge on any atom is 0.308 e. The molecule has 4 rings (SSSR count). The van der Waals surface area contributed by atoms with Gasteiger partial charge in [0.05, 0.1) is 12.1 Å². The highest BCUT2D eigenvalue weighted by atomic mass is 79.9. The van der Waals surface area contributed by atoms with Crippen molar-refractivity contribution in [3.8, 4) is 0 Å². The number of halogens is 1. The summed E-state index contributed by atoms with van der Waals surface area (Å²) in [5.74, 6) is -0.912. The molecule has 0 aromatic heterocycles. The molecule has 2 aromatic carbocycles. The number of anilines is 1. The summed E-state index contributed by atoms with van der Waals surface area (Å²) in [6, 6.07) is 15.3. The van der Waals surface area contributed by atoms with Crippen molar-refractivity contribution in [3.05, 3.63) is 76.8 Å². The van der Waals surface area contributed by atoms with Crippen LogP contribution in [-0.4, -0.2) is 18.4 Å². The third-order valence-electron chi connectivity index (χ3n) is 4.86. The summed E-state index contributed by atoms with van der Waals surface area (Å²) >= 11 is 3.48. The average Bonchev–Trinajstić information content (AvgIpc) is 3.08. The Balaban J connectivity index is 1.95. The molecule has 5 heteroatoms. The van der Waals surface area contributed by atoms with Gasteiger partial charge in [0.1, 0.15) is 0 Å². The number of rotatable bonds is 3. The van der Waals surface area contributed by atoms with Crippen molar-refractivity contribution in [2.24, 2.45) is 0 Å². The summed E-state index contributed by atoms with van der Waals surface area (Å²) in [5.41, 5.74) is 1.12. The maximum absolute atomic E-state index is 13.4. The first-order valence-electron chi connectivity index (χ1n) is 8.07. The van der Waals surface area contributed by atoms with Crippen molar-refractivity contribution in [1.82, 2.24) is 0 Å². The van der Waals surface area contributed by atoms with Crippen LogP contribution in [0.5, 0.6) is 0 Å². The normalized spacial score (nSPS) is 24.5. The van der Waals surface area contributed by atoms with E-state index in [-0.39, 0.29) is 24.2 Å². The zero-order chi connectivity index (χ0) is 17.6. The molecule has 0 N–H and O–H groups in total. The zero-order valence-electron chi connectivity index (χ0n) is 13.4. The third-order valence-corrected chi connectivity index (χ3v) is 5.36. The minimum atomic E-state index is -1.30. The van der Waals surface area contributed by atoms with Crippen LogP contribution >= 0.6 is 15.9 Å². The summed E-state index contributed by atoms with van der Waals surface area (Å²) in [5, 5.41) is 0. The molecular weight excluding hydrogens is 382 g/mol. The van der Waals surface area contributed by atoms with E-state index in [0.717, 1.165) is 21.3 Å². The van der Waals surface area contributed by atoms with Crippen LogP contribution < -0.4 is 4.90 Å². The first kappa shape index (κ1) is 16.1. The number of carbonyl (C=O) groups is 2. The van der Waals surface area contributed by atoms with Crippen LogP contribution in [0.15, 0.2) is 65.7 Å². The van der Waals surface area contributed by atoms with Gasteiger partial charge in [-0.3, -0.25) is 9.59 Å². The minimum absolute atomic E-state index is 0.184. The smallest absolute Gasteiger partial charge is 0.308 e. The molecule has 25 heavy (non-hydrogen) atoms. The van der Waals surface area contributed by atoms with Crippen LogP contribution in [-0.2, 0) is 19.9 Å². The molecule has 126 valence electrons. The Bertz CT molecular complexity index is 880. The van der Waals surface area contributed by atoms with Crippen LogP contribution in [0.2, 0.25) is 0 Å². The number of benzene rings is 2. The second kappa shape index (κ2) is 5.85. The average molecular weight is 398 g/mol. The van der Waals surface area contributed by atoms with Gasteiger partial charge < -0.3 is 9.64 Å². The number of hydrogen-bond donors (Lipinski definition) is 0. The van der Waals surface area contributed by atoms with Crippen molar-refractivity contribution >= 4 is 33.5 Å². The molecule has 0 unspecified atom stereocenters. The molecule has 2 aromatic rings. The first-order chi connectivity index (χ1) is 12.1. The SMILES string of the molecule is C=CCN1C(=O)[C@@]2(OC(=O)C[C@@H]2c2ccccc2)c2cc(Br)ccc21. The van der Waals surface area contributed by atoms with Crippen LogP contribution in [0, 0.1) is 0 Å². The highest BCUT2D eigenvalue weighted by molar-refractivity contribution is 9.10. The lowest BCUT2D eigenvalue weighted by atomic mass is 9.78. The monoisotopic (exact) mass is 397 g/mol. The standard InChI is InChI=1S/C20H16BrNO3/c1-2-10-22-17-9-8-14(21)11-16(17)20(19(22)24)15(12-18(23)25-20)13-6-4-3-5-7-13/h2-9,11,15H,1,10,12H2/t15-,20+/m1/s1. The van der Waals surface area contributed by atoms with Gasteiger partial charge in [-0.1, -0.05) is 52.3 Å². The molecule has 0 aliphatic carbocycles. The van der Waals surface area contributed by atoms with E-state index in [4.69, 9.17) is 4.74 Å². The van der Waals surface area contributed by atoms with Gasteiger partial charge in [-0.05, 0) is 23.8 Å². The van der Waals surface area contributed by atoms with E-state index < -0.39 is 5.60 Å². The molecule has 1 spiro atoms. The number of fused-ring (bicyclic) bond motifs is 2. The summed E-state index contributed by atoms with van der Waals surface area (Å²) in [4.78, 5) is 27.3. The predicted molar refractivity (Wildman–Crippen MR) is 98.3 cm³/mol. The van der Waals surface area contributed by atoms with Crippen LogP contribution in [0.1, 0.15) is 23.5 Å². The van der Waals surface area contributed by atoms with E-state index >= 15 is 0 Å². The Kier molecular flexibility index (Phi) is 3.76. The molecular formula is C20H16BrNO3. The summed E-state index contributed by atoms with van der Waals surface area (Å²) in [6.45, 7) is 4.11. The van der Waals surface area contributed by atoms with Crippen molar-refractivity contribution in [1.29, 1.82) is 0 Å². The van der Waals surface area contributed by atoms with E-state index in [0.29, 0.717) is 6.54 Å². The van der Waals surface area contributed by atoms with Gasteiger partial charge in [-0.2, -0.15) is 0 Å². The van der Waals surface area contributed by atoms with E-state index in [1.54, 1.807) is 11.0 Å². The fourth-order valence-electron chi connectivity index (χ4n) is 3.85. The fourth-order valence-corrected chi connectivity index (χ4v) is 4.21.